The van der Waals surface area contributed by atoms with Crippen molar-refractivity contribution in [1.82, 2.24) is 4.90 Å². The summed E-state index contributed by atoms with van der Waals surface area (Å²) in [4.78, 5) is 13.5. The molecule has 130 valence electrons. The monoisotopic (exact) mass is 370 g/mol. The lowest BCUT2D eigenvalue weighted by molar-refractivity contribution is 0.150. The summed E-state index contributed by atoms with van der Waals surface area (Å²) in [6.45, 7) is 4.59. The van der Waals surface area contributed by atoms with Crippen LogP contribution in [0.1, 0.15) is 19.4 Å². The zero-order chi connectivity index (χ0) is 18.3. The van der Waals surface area contributed by atoms with E-state index in [-0.39, 0.29) is 11.1 Å². The van der Waals surface area contributed by atoms with E-state index in [2.05, 4.69) is 12.6 Å². The number of nitrogens with two attached hydrogens (primary N) is 1. The predicted molar refractivity (Wildman–Crippen MR) is 98.4 cm³/mol. The van der Waals surface area contributed by atoms with Gasteiger partial charge in [-0.05, 0) is 36.4 Å². The lowest BCUT2D eigenvalue weighted by Crippen LogP contribution is -2.33. The summed E-state index contributed by atoms with van der Waals surface area (Å²) >= 11 is 9.57. The van der Waals surface area contributed by atoms with Crippen molar-refractivity contribution in [2.75, 3.05) is 12.8 Å². The largest absolute Gasteiger partial charge is 0.415 e. The quantitative estimate of drug-likeness (QED) is 0.506. The minimum absolute atomic E-state index is 0.0648. The van der Waals surface area contributed by atoms with Crippen LogP contribution in [0.4, 0.5) is 14.9 Å². The minimum atomic E-state index is -0.439. The molecular weight excluding hydrogens is 351 g/mol. The third-order valence-corrected chi connectivity index (χ3v) is 3.47. The smallest absolute Gasteiger partial charge is 0.410 e. The molecule has 0 saturated heterocycles. The molecule has 4 nitrogen and oxygen atoms in total. The topological polar surface area (TPSA) is 55.6 Å². The van der Waals surface area contributed by atoms with E-state index < -0.39 is 5.82 Å². The number of nitrogens with zero attached hydrogens (tertiary/aromatic N) is 1. The first-order chi connectivity index (χ1) is 11.4. The fraction of sp³-hybridized carbons (Fsp3) is 0.235. The number of anilines is 1. The van der Waals surface area contributed by atoms with Gasteiger partial charge < -0.3 is 15.4 Å². The maximum Gasteiger partial charge on any atom is 0.415 e. The Balaban J connectivity index is 0.000000230. The van der Waals surface area contributed by atoms with Crippen molar-refractivity contribution in [3.8, 4) is 5.75 Å². The van der Waals surface area contributed by atoms with Gasteiger partial charge in [0.2, 0.25) is 0 Å². The van der Waals surface area contributed by atoms with Gasteiger partial charge in [0, 0.05) is 23.2 Å². The molecule has 1 amide bonds. The van der Waals surface area contributed by atoms with Crippen molar-refractivity contribution in [2.45, 2.75) is 25.3 Å². The van der Waals surface area contributed by atoms with Crippen LogP contribution in [0.2, 0.25) is 5.02 Å². The van der Waals surface area contributed by atoms with Gasteiger partial charge in [0.1, 0.15) is 11.6 Å². The summed E-state index contributed by atoms with van der Waals surface area (Å²) in [6, 6.07) is 9.54. The molecule has 3 rings (SSSR count). The molecule has 2 aromatic rings. The average molecular weight is 371 g/mol. The van der Waals surface area contributed by atoms with Crippen LogP contribution in [0, 0.1) is 5.82 Å². The number of carbonyl (C=O) groups is 1. The van der Waals surface area contributed by atoms with Crippen molar-refractivity contribution in [3.05, 3.63) is 52.8 Å². The van der Waals surface area contributed by atoms with Crippen LogP contribution in [0.25, 0.3) is 0 Å². The highest BCUT2D eigenvalue weighted by Gasteiger charge is 2.21. The van der Waals surface area contributed by atoms with E-state index in [0.29, 0.717) is 18.0 Å². The third kappa shape index (κ3) is 5.62. The molecule has 0 unspecified atom stereocenters. The van der Waals surface area contributed by atoms with Crippen LogP contribution in [-0.4, -0.2) is 18.0 Å². The fourth-order valence-corrected chi connectivity index (χ4v) is 2.21. The van der Waals surface area contributed by atoms with Gasteiger partial charge in [0.25, 0.3) is 0 Å². The van der Waals surface area contributed by atoms with Gasteiger partial charge >= 0.3 is 6.09 Å². The Morgan fingerprint density at radius 1 is 1.25 bits per heavy atom. The van der Waals surface area contributed by atoms with E-state index in [1.807, 2.05) is 19.9 Å². The molecule has 0 radical (unpaired) electrons. The normalized spacial score (nSPS) is 12.1. The van der Waals surface area contributed by atoms with Gasteiger partial charge in [0.15, 0.2) is 0 Å². The molecular formula is C17H20ClFN2O2S. The maximum atomic E-state index is 12.3. The van der Waals surface area contributed by atoms with Gasteiger partial charge in [-0.15, -0.1) is 12.6 Å². The first-order valence-corrected chi connectivity index (χ1v) is 8.14. The molecule has 7 heteroatoms. The summed E-state index contributed by atoms with van der Waals surface area (Å²) in [7, 11) is 1.70. The van der Waals surface area contributed by atoms with Crippen molar-refractivity contribution in [3.63, 3.8) is 0 Å². The number of ether oxygens (including phenoxy) is 1. The summed E-state index contributed by atoms with van der Waals surface area (Å²) in [5.74, 6) is 0.201. The Bertz CT molecular complexity index is 713. The Kier molecular flexibility index (Phi) is 7.88. The number of benzene rings is 2. The highest BCUT2D eigenvalue weighted by atomic mass is 35.5. The van der Waals surface area contributed by atoms with E-state index in [9.17, 15) is 9.18 Å². The number of thiol groups is 1. The molecule has 2 N–H and O–H groups in total. The van der Waals surface area contributed by atoms with Crippen LogP contribution >= 0.6 is 24.2 Å². The number of hydrogen-bond acceptors (Lipinski definition) is 4. The fourth-order valence-electron chi connectivity index (χ4n) is 1.79. The number of halogens is 2. The Hall–Kier alpha value is -1.92. The van der Waals surface area contributed by atoms with Crippen LogP contribution in [-0.2, 0) is 6.54 Å². The Labute approximate surface area is 151 Å². The molecule has 0 aromatic heterocycles. The van der Waals surface area contributed by atoms with Crippen molar-refractivity contribution < 1.29 is 13.9 Å². The standard InChI is InChI=1S/C9H9NO2S.C6H5ClFN.C2H6/c1-10-5-6-4-7(13)2-3-8(6)12-9(10)11;7-5-3-4(9)1-2-6(5)8;1-2/h2-4,13H,5H2,1H3;1-3H,9H2;1-2H3. The summed E-state index contributed by atoms with van der Waals surface area (Å²) < 4.78 is 17.4. The zero-order valence-corrected chi connectivity index (χ0v) is 15.4. The number of amides is 1. The van der Waals surface area contributed by atoms with Crippen LogP contribution in [0.3, 0.4) is 0 Å². The number of carbonyl (C=O) groups excluding carboxylic acids is 1. The molecule has 0 atom stereocenters. The van der Waals surface area contributed by atoms with Crippen molar-refractivity contribution in [1.29, 1.82) is 0 Å². The second-order valence-electron chi connectivity index (χ2n) is 4.69. The molecule has 1 heterocycles. The zero-order valence-electron chi connectivity index (χ0n) is 13.7. The maximum absolute atomic E-state index is 12.3. The number of fused-ring (bicyclic) bond motifs is 1. The second-order valence-corrected chi connectivity index (χ2v) is 5.61. The van der Waals surface area contributed by atoms with E-state index in [0.717, 1.165) is 10.5 Å². The van der Waals surface area contributed by atoms with Crippen LogP contribution in [0.15, 0.2) is 41.3 Å². The van der Waals surface area contributed by atoms with Gasteiger partial charge in [-0.3, -0.25) is 0 Å². The van der Waals surface area contributed by atoms with Crippen LogP contribution in [0.5, 0.6) is 5.75 Å². The Morgan fingerprint density at radius 2 is 1.92 bits per heavy atom. The summed E-state index contributed by atoms with van der Waals surface area (Å²) in [5.41, 5.74) is 6.74. The van der Waals surface area contributed by atoms with Crippen LogP contribution < -0.4 is 10.5 Å². The van der Waals surface area contributed by atoms with Gasteiger partial charge in [-0.2, -0.15) is 0 Å². The van der Waals surface area contributed by atoms with Gasteiger partial charge in [0.05, 0.1) is 11.6 Å². The molecule has 24 heavy (non-hydrogen) atoms. The van der Waals surface area contributed by atoms with E-state index in [1.54, 1.807) is 19.2 Å². The molecule has 2 aromatic carbocycles. The van der Waals surface area contributed by atoms with Crippen molar-refractivity contribution in [2.24, 2.45) is 0 Å². The predicted octanol–water partition coefficient (Wildman–Crippen LogP) is 5.01. The summed E-state index contributed by atoms with van der Waals surface area (Å²) in [5, 5.41) is 0.0648. The van der Waals surface area contributed by atoms with E-state index in [1.165, 1.54) is 23.1 Å². The number of hydrogen-bond donors (Lipinski definition) is 2. The lowest BCUT2D eigenvalue weighted by Gasteiger charge is -2.24. The molecule has 1 aliphatic heterocycles. The highest BCUT2D eigenvalue weighted by Crippen LogP contribution is 2.27. The number of rotatable bonds is 0. The average Bonchev–Trinajstić information content (AvgIpc) is 2.55. The third-order valence-electron chi connectivity index (χ3n) is 2.90. The van der Waals surface area contributed by atoms with E-state index in [4.69, 9.17) is 22.1 Å². The lowest BCUT2D eigenvalue weighted by atomic mass is 10.2. The SMILES string of the molecule is CC.CN1Cc2cc(S)ccc2OC1=O.Nc1ccc(F)c(Cl)c1. The second kappa shape index (κ2) is 9.39. The van der Waals surface area contributed by atoms with Gasteiger partial charge in [-0.25, -0.2) is 9.18 Å². The molecule has 0 spiro atoms. The first-order valence-electron chi connectivity index (χ1n) is 7.32. The molecule has 0 aliphatic carbocycles. The molecule has 1 aliphatic rings. The molecule has 0 saturated carbocycles. The van der Waals surface area contributed by atoms with E-state index >= 15 is 0 Å². The van der Waals surface area contributed by atoms with Crippen molar-refractivity contribution >= 4 is 36.0 Å². The number of nitrogen functional groups attached to an aromatic ring is 1. The Morgan fingerprint density at radius 3 is 2.50 bits per heavy atom. The molecule has 0 fully saturated rings. The summed E-state index contributed by atoms with van der Waals surface area (Å²) in [6.07, 6.45) is -0.306. The minimum Gasteiger partial charge on any atom is -0.410 e. The molecule has 0 bridgehead atoms. The highest BCUT2D eigenvalue weighted by molar-refractivity contribution is 7.80. The first kappa shape index (κ1) is 20.1. The van der Waals surface area contributed by atoms with Gasteiger partial charge in [-0.1, -0.05) is 25.4 Å².